The lowest BCUT2D eigenvalue weighted by atomic mass is 9.95. The lowest BCUT2D eigenvalue weighted by Gasteiger charge is -2.29. The maximum Gasteiger partial charge on any atom is 0.153 e. The summed E-state index contributed by atoms with van der Waals surface area (Å²) in [6.45, 7) is 5.05. The van der Waals surface area contributed by atoms with E-state index in [0.29, 0.717) is 11.8 Å². The van der Waals surface area contributed by atoms with Crippen molar-refractivity contribution < 1.29 is 8.42 Å². The molecule has 96 valence electrons. The summed E-state index contributed by atoms with van der Waals surface area (Å²) in [6.07, 6.45) is 5.64. The Morgan fingerprint density at radius 3 is 2.62 bits per heavy atom. The number of sulfone groups is 1. The normalized spacial score (nSPS) is 26.9. The van der Waals surface area contributed by atoms with Crippen LogP contribution >= 0.6 is 0 Å². The second kappa shape index (κ2) is 6.60. The molecule has 0 aliphatic heterocycles. The third kappa shape index (κ3) is 4.06. The molecule has 1 fully saturated rings. The zero-order chi connectivity index (χ0) is 12.0. The molecule has 16 heavy (non-hydrogen) atoms. The SMILES string of the molecule is CCCCS(=O)(=O)C1CCCC(NCC)C1. The number of hydrogen-bond acceptors (Lipinski definition) is 3. The predicted octanol–water partition coefficient (Wildman–Crippen LogP) is 2.12. The molecule has 1 aliphatic carbocycles. The van der Waals surface area contributed by atoms with E-state index in [9.17, 15) is 8.42 Å². The lowest BCUT2D eigenvalue weighted by Crippen LogP contribution is -2.39. The van der Waals surface area contributed by atoms with Crippen LogP contribution in [0.25, 0.3) is 0 Å². The van der Waals surface area contributed by atoms with Crippen molar-refractivity contribution >= 4 is 9.84 Å². The van der Waals surface area contributed by atoms with Gasteiger partial charge >= 0.3 is 0 Å². The van der Waals surface area contributed by atoms with Crippen molar-refractivity contribution in [2.75, 3.05) is 12.3 Å². The first-order chi connectivity index (χ1) is 7.60. The minimum atomic E-state index is -2.84. The Bertz CT molecular complexity index is 285. The summed E-state index contributed by atoms with van der Waals surface area (Å²) in [5, 5.41) is 3.29. The van der Waals surface area contributed by atoms with Crippen molar-refractivity contribution in [2.45, 2.75) is 63.7 Å². The number of nitrogens with one attached hydrogen (secondary N) is 1. The highest BCUT2D eigenvalue weighted by atomic mass is 32.2. The van der Waals surface area contributed by atoms with Gasteiger partial charge in [-0.05, 0) is 32.2 Å². The van der Waals surface area contributed by atoms with Crippen LogP contribution in [-0.2, 0) is 9.84 Å². The molecule has 1 aliphatic rings. The molecule has 0 heterocycles. The van der Waals surface area contributed by atoms with E-state index < -0.39 is 9.84 Å². The molecule has 2 unspecified atom stereocenters. The minimum absolute atomic E-state index is 0.0863. The molecule has 0 spiro atoms. The first kappa shape index (κ1) is 14.0. The van der Waals surface area contributed by atoms with E-state index in [-0.39, 0.29) is 5.25 Å². The van der Waals surface area contributed by atoms with E-state index in [4.69, 9.17) is 0 Å². The van der Waals surface area contributed by atoms with E-state index in [1.54, 1.807) is 0 Å². The molecule has 0 amide bonds. The fraction of sp³-hybridized carbons (Fsp3) is 1.00. The van der Waals surface area contributed by atoms with Gasteiger partial charge in [0, 0.05) is 6.04 Å². The first-order valence-corrected chi connectivity index (χ1v) is 8.26. The smallest absolute Gasteiger partial charge is 0.153 e. The standard InChI is InChI=1S/C12H25NO2S/c1-3-5-9-16(14,15)12-8-6-7-11(10-12)13-4-2/h11-13H,3-10H2,1-2H3. The molecule has 1 saturated carbocycles. The highest BCUT2D eigenvalue weighted by Gasteiger charge is 2.30. The Hall–Kier alpha value is -0.0900. The van der Waals surface area contributed by atoms with Crippen molar-refractivity contribution in [1.82, 2.24) is 5.32 Å². The third-order valence-corrected chi connectivity index (χ3v) is 5.71. The molecule has 4 heteroatoms. The van der Waals surface area contributed by atoms with Gasteiger partial charge < -0.3 is 5.32 Å². The average molecular weight is 247 g/mol. The van der Waals surface area contributed by atoms with Crippen molar-refractivity contribution in [2.24, 2.45) is 0 Å². The molecule has 0 aromatic carbocycles. The fourth-order valence-electron chi connectivity index (χ4n) is 2.46. The Morgan fingerprint density at radius 1 is 1.25 bits per heavy atom. The summed E-state index contributed by atoms with van der Waals surface area (Å²) in [6, 6.07) is 0.417. The molecule has 3 nitrogen and oxygen atoms in total. The predicted molar refractivity (Wildman–Crippen MR) is 68.4 cm³/mol. The first-order valence-electron chi connectivity index (χ1n) is 6.55. The topological polar surface area (TPSA) is 46.2 Å². The van der Waals surface area contributed by atoms with Gasteiger partial charge in [0.15, 0.2) is 9.84 Å². The van der Waals surface area contributed by atoms with Gasteiger partial charge in [0.05, 0.1) is 11.0 Å². The number of unbranched alkanes of at least 4 members (excludes halogenated alkanes) is 1. The Labute approximate surface area is 99.9 Å². The Kier molecular flexibility index (Phi) is 5.76. The molecule has 0 radical (unpaired) electrons. The molecular weight excluding hydrogens is 222 g/mol. The molecule has 1 N–H and O–H groups in total. The van der Waals surface area contributed by atoms with Crippen LogP contribution in [0.2, 0.25) is 0 Å². The fourth-order valence-corrected chi connectivity index (χ4v) is 4.53. The monoisotopic (exact) mass is 247 g/mol. The van der Waals surface area contributed by atoms with Gasteiger partial charge in [0.1, 0.15) is 0 Å². The Balaban J connectivity index is 2.52. The van der Waals surface area contributed by atoms with E-state index >= 15 is 0 Å². The number of hydrogen-bond donors (Lipinski definition) is 1. The number of rotatable bonds is 6. The van der Waals surface area contributed by atoms with Crippen LogP contribution in [0.1, 0.15) is 52.4 Å². The highest BCUT2D eigenvalue weighted by molar-refractivity contribution is 7.92. The van der Waals surface area contributed by atoms with Crippen LogP contribution in [0.4, 0.5) is 0 Å². The van der Waals surface area contributed by atoms with Gasteiger partial charge in [-0.2, -0.15) is 0 Å². The second-order valence-electron chi connectivity index (χ2n) is 4.76. The van der Waals surface area contributed by atoms with E-state index in [1.165, 1.54) is 0 Å². The van der Waals surface area contributed by atoms with Crippen molar-refractivity contribution in [1.29, 1.82) is 0 Å². The average Bonchev–Trinajstić information content (AvgIpc) is 2.27. The van der Waals surface area contributed by atoms with Crippen LogP contribution in [0, 0.1) is 0 Å². The van der Waals surface area contributed by atoms with E-state index in [1.807, 2.05) is 6.92 Å². The summed E-state index contributed by atoms with van der Waals surface area (Å²) in [4.78, 5) is 0. The van der Waals surface area contributed by atoms with Crippen molar-refractivity contribution in [3.63, 3.8) is 0 Å². The summed E-state index contributed by atoms with van der Waals surface area (Å²) in [7, 11) is -2.84. The minimum Gasteiger partial charge on any atom is -0.314 e. The zero-order valence-corrected chi connectivity index (χ0v) is 11.4. The third-order valence-electron chi connectivity index (χ3n) is 3.41. The van der Waals surface area contributed by atoms with Gasteiger partial charge in [-0.25, -0.2) is 8.42 Å². The maximum absolute atomic E-state index is 12.1. The van der Waals surface area contributed by atoms with Crippen molar-refractivity contribution in [3.8, 4) is 0 Å². The molecule has 1 rings (SSSR count). The molecule has 2 atom stereocenters. The highest BCUT2D eigenvalue weighted by Crippen LogP contribution is 2.25. The summed E-state index contributed by atoms with van der Waals surface area (Å²) < 4.78 is 24.1. The van der Waals surface area contributed by atoms with Crippen LogP contribution in [0.5, 0.6) is 0 Å². The zero-order valence-electron chi connectivity index (χ0n) is 10.5. The lowest BCUT2D eigenvalue weighted by molar-refractivity contribution is 0.377. The van der Waals surface area contributed by atoms with Crippen LogP contribution in [0.15, 0.2) is 0 Å². The van der Waals surface area contributed by atoms with Crippen molar-refractivity contribution in [3.05, 3.63) is 0 Å². The summed E-state index contributed by atoms with van der Waals surface area (Å²) in [5.41, 5.74) is 0. The van der Waals surface area contributed by atoms with Gasteiger partial charge in [0.2, 0.25) is 0 Å². The molecule has 0 bridgehead atoms. The van der Waals surface area contributed by atoms with E-state index in [2.05, 4.69) is 12.2 Å². The van der Waals surface area contributed by atoms with Crippen LogP contribution in [0.3, 0.4) is 0 Å². The maximum atomic E-state index is 12.1. The van der Waals surface area contributed by atoms with Crippen LogP contribution in [-0.4, -0.2) is 32.0 Å². The molecule has 0 aromatic rings. The largest absolute Gasteiger partial charge is 0.314 e. The molecule has 0 aromatic heterocycles. The van der Waals surface area contributed by atoms with E-state index in [0.717, 1.165) is 45.1 Å². The van der Waals surface area contributed by atoms with Gasteiger partial charge in [-0.1, -0.05) is 26.7 Å². The summed E-state index contributed by atoms with van der Waals surface area (Å²) in [5.74, 6) is 0.382. The summed E-state index contributed by atoms with van der Waals surface area (Å²) >= 11 is 0. The quantitative estimate of drug-likeness (QED) is 0.782. The molecule has 0 saturated heterocycles. The second-order valence-corrected chi connectivity index (χ2v) is 7.16. The van der Waals surface area contributed by atoms with Gasteiger partial charge in [-0.3, -0.25) is 0 Å². The van der Waals surface area contributed by atoms with Gasteiger partial charge in [0.25, 0.3) is 0 Å². The van der Waals surface area contributed by atoms with Crippen LogP contribution < -0.4 is 5.32 Å². The molecular formula is C12H25NO2S. The Morgan fingerprint density at radius 2 is 2.00 bits per heavy atom. The van der Waals surface area contributed by atoms with Gasteiger partial charge in [-0.15, -0.1) is 0 Å².